The highest BCUT2D eigenvalue weighted by Gasteiger charge is 2.30. The van der Waals surface area contributed by atoms with Crippen LogP contribution in [0.1, 0.15) is 31.2 Å². The lowest BCUT2D eigenvalue weighted by Crippen LogP contribution is -2.26. The van der Waals surface area contributed by atoms with Crippen molar-refractivity contribution >= 4 is 13.5 Å². The van der Waals surface area contributed by atoms with Crippen molar-refractivity contribution in [2.75, 3.05) is 0 Å². The topological polar surface area (TPSA) is 147 Å². The van der Waals surface area contributed by atoms with Crippen molar-refractivity contribution in [1.82, 2.24) is 5.09 Å². The van der Waals surface area contributed by atoms with Crippen LogP contribution >= 0.6 is 7.75 Å². The van der Waals surface area contributed by atoms with Gasteiger partial charge in [-0.1, -0.05) is 19.1 Å². The second kappa shape index (κ2) is 7.41. The number of carbonyl (C=O) groups excluding carboxylic acids is 1. The lowest BCUT2D eigenvalue weighted by atomic mass is 9.88. The van der Waals surface area contributed by atoms with Gasteiger partial charge in [-0.3, -0.25) is 9.88 Å². The van der Waals surface area contributed by atoms with Crippen molar-refractivity contribution in [1.29, 1.82) is 0 Å². The van der Waals surface area contributed by atoms with Gasteiger partial charge in [-0.2, -0.15) is 0 Å². The molecule has 9 heteroatoms. The average molecular weight is 369 g/mol. The lowest BCUT2D eigenvalue weighted by molar-refractivity contribution is -0.114. The fourth-order valence-corrected chi connectivity index (χ4v) is 3.32. The summed E-state index contributed by atoms with van der Waals surface area (Å²) in [6.07, 6.45) is -0.599. The number of carbonyl (C=O) groups is 1. The molecule has 2 unspecified atom stereocenters. The van der Waals surface area contributed by atoms with Gasteiger partial charge in [0.05, 0.1) is 12.5 Å². The molecule has 1 aliphatic carbocycles. The molecule has 1 aromatic rings. The van der Waals surface area contributed by atoms with E-state index in [1.807, 2.05) is 5.09 Å². The molecule has 1 aliphatic rings. The van der Waals surface area contributed by atoms with Gasteiger partial charge in [0, 0.05) is 17.3 Å². The summed E-state index contributed by atoms with van der Waals surface area (Å²) < 4.78 is 11.2. The van der Waals surface area contributed by atoms with Gasteiger partial charge in [0.1, 0.15) is 11.5 Å². The number of phenols is 1. The fraction of sp³-hybridized carbons (Fsp3) is 0.312. The summed E-state index contributed by atoms with van der Waals surface area (Å²) in [5.74, 6) is -1.21. The molecular weight excluding hydrogens is 349 g/mol. The van der Waals surface area contributed by atoms with Crippen LogP contribution in [0.3, 0.4) is 0 Å². The summed E-state index contributed by atoms with van der Waals surface area (Å²) in [7, 11) is -4.71. The molecule has 0 aliphatic heterocycles. The summed E-state index contributed by atoms with van der Waals surface area (Å²) in [6.45, 7) is 1.80. The summed E-state index contributed by atoms with van der Waals surface area (Å²) in [5.41, 5.74) is 0.434. The minimum Gasteiger partial charge on any atom is -0.508 e. The number of phenolic OH excluding ortho intramolecular Hbond substituents is 1. The van der Waals surface area contributed by atoms with Crippen molar-refractivity contribution < 1.29 is 34.5 Å². The molecule has 136 valence electrons. The van der Waals surface area contributed by atoms with Crippen LogP contribution in [0, 0.1) is 0 Å². The van der Waals surface area contributed by atoms with Crippen LogP contribution in [-0.2, 0) is 9.36 Å². The van der Waals surface area contributed by atoms with Crippen molar-refractivity contribution in [3.05, 3.63) is 52.9 Å². The van der Waals surface area contributed by atoms with E-state index in [-0.39, 0.29) is 35.8 Å². The first kappa shape index (κ1) is 19.2. The highest BCUT2D eigenvalue weighted by Crippen LogP contribution is 2.36. The quantitative estimate of drug-likeness (QED) is 0.414. The number of benzene rings is 1. The first-order chi connectivity index (χ1) is 11.6. The number of hydrogen-bond donors (Lipinski definition) is 6. The zero-order chi connectivity index (χ0) is 18.8. The van der Waals surface area contributed by atoms with Gasteiger partial charge in [-0.25, -0.2) is 4.57 Å². The summed E-state index contributed by atoms with van der Waals surface area (Å²) in [5, 5.41) is 31.9. The minimum absolute atomic E-state index is 0.0768. The van der Waals surface area contributed by atoms with E-state index in [1.54, 1.807) is 25.1 Å². The van der Waals surface area contributed by atoms with Gasteiger partial charge in [-0.15, -0.1) is 0 Å². The maximum atomic E-state index is 11.5. The predicted molar refractivity (Wildman–Crippen MR) is 89.7 cm³/mol. The molecule has 0 radical (unpaired) electrons. The minimum atomic E-state index is -4.71. The number of aliphatic hydroxyl groups excluding tert-OH is 2. The molecule has 8 nitrogen and oxygen atoms in total. The Hall–Kier alpha value is -2.12. The molecule has 1 aromatic carbocycles. The summed E-state index contributed by atoms with van der Waals surface area (Å²) >= 11 is 0. The van der Waals surface area contributed by atoms with Crippen molar-refractivity contribution in [2.24, 2.45) is 0 Å². The highest BCUT2D eigenvalue weighted by atomic mass is 31.2. The van der Waals surface area contributed by atoms with E-state index in [1.165, 1.54) is 6.07 Å². The summed E-state index contributed by atoms with van der Waals surface area (Å²) in [6, 6.07) is 6.48. The van der Waals surface area contributed by atoms with Gasteiger partial charge in [0.2, 0.25) is 0 Å². The van der Waals surface area contributed by atoms with E-state index in [2.05, 4.69) is 0 Å². The summed E-state index contributed by atoms with van der Waals surface area (Å²) in [4.78, 5) is 29.7. The number of ketones is 1. The second-order valence-electron chi connectivity index (χ2n) is 5.97. The maximum Gasteiger partial charge on any atom is 0.427 e. The van der Waals surface area contributed by atoms with E-state index in [0.29, 0.717) is 0 Å². The number of allylic oxidation sites excluding steroid dienone is 2. The standard InChI is InChI=1S/C16H20NO7P/c1-9(10-3-2-4-11(18)6-10)5-14(20)16-13(17-25(22,23)24)7-12(19)8-15(16)21/h2-4,6,8-9,14,18,20-21H,5,7H2,1H3,(H3,17,22,23,24). The van der Waals surface area contributed by atoms with Crippen LogP contribution in [0.4, 0.5) is 0 Å². The van der Waals surface area contributed by atoms with Crippen LogP contribution in [0.2, 0.25) is 0 Å². The first-order valence-electron chi connectivity index (χ1n) is 7.54. The lowest BCUT2D eigenvalue weighted by Gasteiger charge is -2.25. The van der Waals surface area contributed by atoms with E-state index >= 15 is 0 Å². The fourth-order valence-electron chi connectivity index (χ4n) is 2.77. The Morgan fingerprint density at radius 2 is 1.96 bits per heavy atom. The highest BCUT2D eigenvalue weighted by molar-refractivity contribution is 7.49. The van der Waals surface area contributed by atoms with Crippen molar-refractivity contribution in [3.63, 3.8) is 0 Å². The first-order valence-corrected chi connectivity index (χ1v) is 9.16. The monoisotopic (exact) mass is 369 g/mol. The number of hydrogen-bond acceptors (Lipinski definition) is 5. The Morgan fingerprint density at radius 1 is 1.28 bits per heavy atom. The smallest absolute Gasteiger partial charge is 0.427 e. The Balaban J connectivity index is 2.28. The molecule has 0 saturated carbocycles. The molecule has 2 rings (SSSR count). The van der Waals surface area contributed by atoms with Crippen molar-refractivity contribution in [3.8, 4) is 5.75 Å². The molecule has 0 heterocycles. The van der Waals surface area contributed by atoms with E-state index in [9.17, 15) is 24.7 Å². The molecule has 0 amide bonds. The third-order valence-electron chi connectivity index (χ3n) is 3.88. The van der Waals surface area contributed by atoms with E-state index in [0.717, 1.165) is 11.6 Å². The van der Waals surface area contributed by atoms with E-state index < -0.39 is 25.4 Å². The van der Waals surface area contributed by atoms with Gasteiger partial charge in [-0.05, 0) is 30.0 Å². The Kier molecular flexibility index (Phi) is 5.69. The van der Waals surface area contributed by atoms with Crippen molar-refractivity contribution in [2.45, 2.75) is 31.8 Å². The molecule has 0 saturated heterocycles. The molecule has 2 atom stereocenters. The van der Waals surface area contributed by atoms with Gasteiger partial charge in [0.15, 0.2) is 5.78 Å². The third kappa shape index (κ3) is 5.17. The number of rotatable bonds is 6. The zero-order valence-electron chi connectivity index (χ0n) is 13.5. The SMILES string of the molecule is CC(CC(O)C1=C(NP(=O)(O)O)CC(=O)C=C1O)c1cccc(O)c1. The second-order valence-corrected chi connectivity index (χ2v) is 7.28. The molecule has 25 heavy (non-hydrogen) atoms. The molecule has 0 bridgehead atoms. The van der Waals surface area contributed by atoms with Crippen LogP contribution in [0.25, 0.3) is 0 Å². The molecule has 0 fully saturated rings. The third-order valence-corrected chi connectivity index (χ3v) is 4.44. The largest absolute Gasteiger partial charge is 0.508 e. The normalized spacial score (nSPS) is 17.9. The Labute approximate surface area is 144 Å². The van der Waals surface area contributed by atoms with Crippen LogP contribution in [0.15, 0.2) is 47.4 Å². The number of nitrogens with one attached hydrogen (secondary N) is 1. The molecule has 0 aromatic heterocycles. The van der Waals surface area contributed by atoms with E-state index in [4.69, 9.17) is 9.79 Å². The Bertz CT molecular complexity index is 780. The van der Waals surface area contributed by atoms with Gasteiger partial charge in [0.25, 0.3) is 0 Å². The number of aromatic hydroxyl groups is 1. The molecule has 6 N–H and O–H groups in total. The zero-order valence-corrected chi connectivity index (χ0v) is 14.3. The van der Waals surface area contributed by atoms with Crippen LogP contribution in [0.5, 0.6) is 5.75 Å². The predicted octanol–water partition coefficient (Wildman–Crippen LogP) is 1.60. The van der Waals surface area contributed by atoms with Crippen LogP contribution in [-0.4, -0.2) is 37.0 Å². The van der Waals surface area contributed by atoms with Crippen LogP contribution < -0.4 is 5.09 Å². The van der Waals surface area contributed by atoms with Gasteiger partial charge < -0.3 is 25.1 Å². The molecular formula is C16H20NO7P. The average Bonchev–Trinajstić information content (AvgIpc) is 2.44. The Morgan fingerprint density at radius 3 is 2.56 bits per heavy atom. The number of aliphatic hydroxyl groups is 2. The molecule has 0 spiro atoms. The van der Waals surface area contributed by atoms with Gasteiger partial charge >= 0.3 is 7.75 Å². The maximum absolute atomic E-state index is 11.5.